The van der Waals surface area contributed by atoms with Crippen molar-refractivity contribution in [3.63, 3.8) is 0 Å². The van der Waals surface area contributed by atoms with Crippen LogP contribution in [0.2, 0.25) is 0 Å². The number of halogens is 6. The summed E-state index contributed by atoms with van der Waals surface area (Å²) in [4.78, 5) is 22.5. The molecule has 0 aliphatic carbocycles. The van der Waals surface area contributed by atoms with E-state index in [-0.39, 0.29) is 0 Å². The fourth-order valence-electron chi connectivity index (χ4n) is 1.54. The van der Waals surface area contributed by atoms with Crippen molar-refractivity contribution in [3.05, 3.63) is 35.9 Å². The van der Waals surface area contributed by atoms with Gasteiger partial charge in [-0.15, -0.1) is 0 Å². The Morgan fingerprint density at radius 1 is 1.04 bits per heavy atom. The molecule has 23 heavy (non-hydrogen) atoms. The molecule has 1 aromatic carbocycles. The highest BCUT2D eigenvalue weighted by Crippen LogP contribution is 2.17. The first kappa shape index (κ1) is 18.8. The molecule has 0 radical (unpaired) electrons. The minimum absolute atomic E-state index is 0.337. The first-order valence-corrected chi connectivity index (χ1v) is 6.14. The molecular weight excluding hydrogens is 332 g/mol. The Kier molecular flexibility index (Phi) is 5.99. The average Bonchev–Trinajstić information content (AvgIpc) is 2.43. The van der Waals surface area contributed by atoms with E-state index in [1.807, 2.05) is 0 Å². The Bertz CT molecular complexity index is 541. The number of alkyl halides is 6. The third kappa shape index (κ3) is 7.02. The second kappa shape index (κ2) is 7.34. The van der Waals surface area contributed by atoms with Gasteiger partial charge in [0.1, 0.15) is 6.04 Å². The fourth-order valence-corrected chi connectivity index (χ4v) is 1.54. The van der Waals surface area contributed by atoms with Gasteiger partial charge in [-0.3, -0.25) is 4.79 Å². The number of hydrogen-bond acceptors (Lipinski definition) is 3. The second-order valence-corrected chi connectivity index (χ2v) is 4.44. The normalized spacial score (nSPS) is 13.3. The van der Waals surface area contributed by atoms with Gasteiger partial charge in [0.25, 0.3) is 0 Å². The predicted molar refractivity (Wildman–Crippen MR) is 65.1 cm³/mol. The lowest BCUT2D eigenvalue weighted by atomic mass is 10.1. The molecule has 10 heteroatoms. The third-order valence-electron chi connectivity index (χ3n) is 2.51. The van der Waals surface area contributed by atoms with Crippen LogP contribution in [0.15, 0.2) is 30.3 Å². The van der Waals surface area contributed by atoms with Gasteiger partial charge < -0.3 is 10.1 Å². The number of benzene rings is 1. The van der Waals surface area contributed by atoms with Gasteiger partial charge >= 0.3 is 24.2 Å². The van der Waals surface area contributed by atoms with E-state index in [0.717, 1.165) is 0 Å². The quantitative estimate of drug-likeness (QED) is 0.660. The molecule has 4 nitrogen and oxygen atoms in total. The number of amides is 1. The molecule has 0 aromatic heterocycles. The number of hydrogen-bond donors (Lipinski definition) is 1. The van der Waals surface area contributed by atoms with Gasteiger partial charge in [-0.05, 0) is 5.56 Å². The molecule has 0 saturated heterocycles. The Morgan fingerprint density at radius 2 is 1.61 bits per heavy atom. The van der Waals surface area contributed by atoms with Gasteiger partial charge in [0.2, 0.25) is 0 Å². The number of rotatable bonds is 5. The van der Waals surface area contributed by atoms with Crippen LogP contribution in [0.3, 0.4) is 0 Å². The zero-order valence-electron chi connectivity index (χ0n) is 11.4. The van der Waals surface area contributed by atoms with Crippen LogP contribution in [0.1, 0.15) is 5.56 Å². The van der Waals surface area contributed by atoms with E-state index in [9.17, 15) is 35.9 Å². The Labute approximate surface area is 126 Å². The number of carbonyl (C=O) groups excluding carboxylic acids is 2. The topological polar surface area (TPSA) is 55.4 Å². The van der Waals surface area contributed by atoms with Crippen molar-refractivity contribution in [2.45, 2.75) is 24.8 Å². The van der Waals surface area contributed by atoms with Crippen molar-refractivity contribution in [2.75, 3.05) is 6.61 Å². The van der Waals surface area contributed by atoms with Crippen LogP contribution in [0.5, 0.6) is 0 Å². The van der Waals surface area contributed by atoms with Crippen molar-refractivity contribution in [3.8, 4) is 0 Å². The van der Waals surface area contributed by atoms with Crippen LogP contribution < -0.4 is 5.32 Å². The molecule has 1 amide bonds. The lowest BCUT2D eigenvalue weighted by Crippen LogP contribution is -2.49. The molecule has 1 N–H and O–H groups in total. The summed E-state index contributed by atoms with van der Waals surface area (Å²) in [6, 6.07) is 5.59. The SMILES string of the molecule is O=C(OCC(F)(F)F)C(Cc1ccccc1)NC(=O)C(F)(F)F. The van der Waals surface area contributed by atoms with Gasteiger partial charge in [-0.1, -0.05) is 30.3 Å². The minimum Gasteiger partial charge on any atom is -0.454 e. The molecule has 1 atom stereocenters. The van der Waals surface area contributed by atoms with Crippen LogP contribution in [-0.2, 0) is 20.7 Å². The van der Waals surface area contributed by atoms with Crippen LogP contribution in [0.25, 0.3) is 0 Å². The van der Waals surface area contributed by atoms with Crippen molar-refractivity contribution in [1.29, 1.82) is 0 Å². The van der Waals surface area contributed by atoms with Gasteiger partial charge in [-0.25, -0.2) is 4.79 Å². The zero-order valence-corrected chi connectivity index (χ0v) is 11.4. The van der Waals surface area contributed by atoms with Crippen molar-refractivity contribution in [2.24, 2.45) is 0 Å². The van der Waals surface area contributed by atoms with Crippen molar-refractivity contribution < 1.29 is 40.7 Å². The molecule has 0 heterocycles. The monoisotopic (exact) mass is 343 g/mol. The maximum absolute atomic E-state index is 12.2. The number of carbonyl (C=O) groups is 2. The van der Waals surface area contributed by atoms with Crippen molar-refractivity contribution >= 4 is 11.9 Å². The molecule has 0 bridgehead atoms. The summed E-state index contributed by atoms with van der Waals surface area (Å²) >= 11 is 0. The van der Waals surface area contributed by atoms with Crippen LogP contribution in [0, 0.1) is 0 Å². The van der Waals surface area contributed by atoms with Gasteiger partial charge in [-0.2, -0.15) is 26.3 Å². The summed E-state index contributed by atoms with van der Waals surface area (Å²) in [6.45, 7) is -1.96. The second-order valence-electron chi connectivity index (χ2n) is 4.44. The third-order valence-corrected chi connectivity index (χ3v) is 2.51. The fraction of sp³-hybridized carbons (Fsp3) is 0.385. The molecule has 0 fully saturated rings. The summed E-state index contributed by atoms with van der Waals surface area (Å²) in [5, 5.41) is 1.34. The largest absolute Gasteiger partial charge is 0.471 e. The summed E-state index contributed by atoms with van der Waals surface area (Å²) in [7, 11) is 0. The van der Waals surface area contributed by atoms with E-state index in [2.05, 4.69) is 4.74 Å². The molecule has 0 saturated carbocycles. The highest BCUT2D eigenvalue weighted by molar-refractivity contribution is 5.87. The maximum Gasteiger partial charge on any atom is 0.471 e. The van der Waals surface area contributed by atoms with Gasteiger partial charge in [0.15, 0.2) is 6.61 Å². The molecular formula is C13H11F6NO3. The number of esters is 1. The molecule has 1 aromatic rings. The highest BCUT2D eigenvalue weighted by atomic mass is 19.4. The predicted octanol–water partition coefficient (Wildman–Crippen LogP) is 2.38. The van der Waals surface area contributed by atoms with Gasteiger partial charge in [0, 0.05) is 6.42 Å². The molecule has 0 aliphatic heterocycles. The van der Waals surface area contributed by atoms with Crippen LogP contribution in [-0.4, -0.2) is 36.9 Å². The highest BCUT2D eigenvalue weighted by Gasteiger charge is 2.41. The van der Waals surface area contributed by atoms with Gasteiger partial charge in [0.05, 0.1) is 0 Å². The Morgan fingerprint density at radius 3 is 2.09 bits per heavy atom. The van der Waals surface area contributed by atoms with E-state index in [1.54, 1.807) is 6.07 Å². The summed E-state index contributed by atoms with van der Waals surface area (Å²) < 4.78 is 76.7. The minimum atomic E-state index is -5.28. The maximum atomic E-state index is 12.2. The lowest BCUT2D eigenvalue weighted by Gasteiger charge is -2.19. The molecule has 1 rings (SSSR count). The molecule has 0 spiro atoms. The van der Waals surface area contributed by atoms with E-state index >= 15 is 0 Å². The smallest absolute Gasteiger partial charge is 0.454 e. The van der Waals surface area contributed by atoms with Crippen LogP contribution >= 0.6 is 0 Å². The molecule has 0 aliphatic rings. The average molecular weight is 343 g/mol. The van der Waals surface area contributed by atoms with Crippen LogP contribution in [0.4, 0.5) is 26.3 Å². The molecule has 1 unspecified atom stereocenters. The number of ether oxygens (including phenoxy) is 1. The first-order valence-electron chi connectivity index (χ1n) is 6.14. The van der Waals surface area contributed by atoms with E-state index in [0.29, 0.717) is 5.56 Å². The number of nitrogens with one attached hydrogen (secondary N) is 1. The van der Waals surface area contributed by atoms with E-state index in [1.165, 1.54) is 29.6 Å². The van der Waals surface area contributed by atoms with E-state index in [4.69, 9.17) is 0 Å². The van der Waals surface area contributed by atoms with E-state index < -0.39 is 43.3 Å². The zero-order chi connectivity index (χ0) is 17.7. The van der Waals surface area contributed by atoms with Crippen molar-refractivity contribution in [1.82, 2.24) is 5.32 Å². The lowest BCUT2D eigenvalue weighted by molar-refractivity contribution is -0.189. The summed E-state index contributed by atoms with van der Waals surface area (Å²) in [5.41, 5.74) is 0.337. The first-order chi connectivity index (χ1) is 10.5. The Hall–Kier alpha value is -2.26. The molecule has 128 valence electrons. The Balaban J connectivity index is 2.83. The summed E-state index contributed by atoms with van der Waals surface area (Å²) in [5.74, 6) is -4.05. The standard InChI is InChI=1S/C13H11F6NO3/c14-12(15,16)7-23-10(21)9(20-11(22)13(17,18)19)6-8-4-2-1-3-5-8/h1-5,9H,6-7H2,(H,20,22). The summed E-state index contributed by atoms with van der Waals surface area (Å²) in [6.07, 6.45) is -10.6.